The Balaban J connectivity index is 1.18. The van der Waals surface area contributed by atoms with E-state index in [4.69, 9.17) is 0 Å². The number of amides is 1. The predicted octanol–water partition coefficient (Wildman–Crippen LogP) is 2.06. The summed E-state index contributed by atoms with van der Waals surface area (Å²) < 4.78 is 1.94. The average molecular weight is 406 g/mol. The molecule has 1 aromatic carbocycles. The van der Waals surface area contributed by atoms with Crippen LogP contribution in [0.25, 0.3) is 11.0 Å². The maximum atomic E-state index is 12.6. The molecule has 2 fully saturated rings. The lowest BCUT2D eigenvalue weighted by Gasteiger charge is -2.42. The molecule has 8 nitrogen and oxygen atoms in total. The number of para-hydroxylation sites is 2. The van der Waals surface area contributed by atoms with Crippen LogP contribution in [0, 0.1) is 0 Å². The molecule has 2 saturated heterocycles. The van der Waals surface area contributed by atoms with Crippen LogP contribution >= 0.6 is 0 Å². The van der Waals surface area contributed by atoms with Gasteiger partial charge in [-0.25, -0.2) is 4.79 Å². The Hall–Kier alpha value is -3.00. The van der Waals surface area contributed by atoms with Gasteiger partial charge in [-0.3, -0.25) is 9.36 Å². The smallest absolute Gasteiger partial charge is 0.326 e. The number of aromatic amines is 1. The molecule has 0 bridgehead atoms. The third-order valence-corrected chi connectivity index (χ3v) is 6.59. The normalized spacial score (nSPS) is 19.4. The second-order valence-corrected chi connectivity index (χ2v) is 8.24. The van der Waals surface area contributed by atoms with Gasteiger partial charge in [-0.1, -0.05) is 12.1 Å². The lowest BCUT2D eigenvalue weighted by Crippen LogP contribution is -2.49. The Labute approximate surface area is 174 Å². The summed E-state index contributed by atoms with van der Waals surface area (Å²) in [6, 6.07) is 10.4. The number of aromatic nitrogens is 4. The number of nitrogens with one attached hydrogen (secondary N) is 1. The van der Waals surface area contributed by atoms with Gasteiger partial charge in [0.25, 0.3) is 5.91 Å². The van der Waals surface area contributed by atoms with Gasteiger partial charge in [-0.05, 0) is 43.9 Å². The lowest BCUT2D eigenvalue weighted by molar-refractivity contribution is 0.0557. The van der Waals surface area contributed by atoms with Crippen LogP contribution in [0.2, 0.25) is 0 Å². The summed E-state index contributed by atoms with van der Waals surface area (Å²) >= 11 is 0. The number of rotatable bonds is 3. The number of likely N-dealkylation sites (tertiary alicyclic amines) is 2. The zero-order chi connectivity index (χ0) is 20.5. The molecular formula is C22H26N6O2. The predicted molar refractivity (Wildman–Crippen MR) is 113 cm³/mol. The van der Waals surface area contributed by atoms with E-state index < -0.39 is 0 Å². The quantitative estimate of drug-likeness (QED) is 0.719. The van der Waals surface area contributed by atoms with Crippen LogP contribution < -0.4 is 5.69 Å². The van der Waals surface area contributed by atoms with E-state index in [0.717, 1.165) is 62.9 Å². The molecule has 2 aliphatic rings. The number of carbonyl (C=O) groups is 1. The second kappa shape index (κ2) is 8.02. The number of nitrogens with zero attached hydrogens (tertiary/aromatic N) is 5. The van der Waals surface area contributed by atoms with Gasteiger partial charge in [-0.15, -0.1) is 0 Å². The zero-order valence-electron chi connectivity index (χ0n) is 16.9. The molecule has 30 heavy (non-hydrogen) atoms. The van der Waals surface area contributed by atoms with Crippen LogP contribution in [-0.4, -0.2) is 67.7 Å². The summed E-state index contributed by atoms with van der Waals surface area (Å²) in [5, 5.41) is 7.55. The molecule has 8 heteroatoms. The zero-order valence-corrected chi connectivity index (χ0v) is 16.9. The monoisotopic (exact) mass is 406 g/mol. The minimum absolute atomic E-state index is 0.00734. The summed E-state index contributed by atoms with van der Waals surface area (Å²) in [5.41, 5.74) is 2.50. The maximum absolute atomic E-state index is 12.6. The molecule has 4 heterocycles. The highest BCUT2D eigenvalue weighted by molar-refractivity contribution is 5.93. The van der Waals surface area contributed by atoms with Crippen LogP contribution in [-0.2, 0) is 0 Å². The minimum atomic E-state index is -0.00734. The van der Waals surface area contributed by atoms with Gasteiger partial charge in [0, 0.05) is 38.3 Å². The fraction of sp³-hybridized carbons (Fsp3) is 0.455. The summed E-state index contributed by atoms with van der Waals surface area (Å²) in [6.07, 6.45) is 7.02. The van der Waals surface area contributed by atoms with E-state index in [1.807, 2.05) is 33.7 Å². The standard InChI is InChI=1S/C22H26N6O2/c29-21(16-5-10-23-24-15-16)27-13-6-17(7-14-27)26-11-8-18(9-12-26)28-20-4-2-1-3-19(20)25-22(28)30/h1-5,10,15,17-18H,6-9,11-14H2,(H,25,30). The third kappa shape index (κ3) is 3.52. The average Bonchev–Trinajstić information content (AvgIpc) is 3.15. The molecular weight excluding hydrogens is 380 g/mol. The Kier molecular flexibility index (Phi) is 5.08. The molecule has 2 aliphatic heterocycles. The first-order chi connectivity index (χ1) is 14.7. The van der Waals surface area contributed by atoms with E-state index in [1.54, 1.807) is 12.3 Å². The van der Waals surface area contributed by atoms with E-state index in [2.05, 4.69) is 20.1 Å². The molecule has 0 saturated carbocycles. The number of hydrogen-bond acceptors (Lipinski definition) is 5. The van der Waals surface area contributed by atoms with E-state index in [9.17, 15) is 9.59 Å². The molecule has 0 radical (unpaired) electrons. The topological polar surface area (TPSA) is 87.1 Å². The van der Waals surface area contributed by atoms with Crippen LogP contribution in [0.3, 0.4) is 0 Å². The molecule has 1 N–H and O–H groups in total. The highest BCUT2D eigenvalue weighted by Crippen LogP contribution is 2.28. The second-order valence-electron chi connectivity index (χ2n) is 8.24. The Morgan fingerprint density at radius 1 is 0.933 bits per heavy atom. The van der Waals surface area contributed by atoms with Crippen LogP contribution in [0.1, 0.15) is 42.1 Å². The van der Waals surface area contributed by atoms with Crippen molar-refractivity contribution in [2.75, 3.05) is 26.2 Å². The van der Waals surface area contributed by atoms with Gasteiger partial charge in [0.1, 0.15) is 0 Å². The fourth-order valence-electron chi connectivity index (χ4n) is 4.98. The Morgan fingerprint density at radius 3 is 2.40 bits per heavy atom. The van der Waals surface area contributed by atoms with Crippen molar-refractivity contribution in [1.82, 2.24) is 29.5 Å². The third-order valence-electron chi connectivity index (χ3n) is 6.59. The number of hydrogen-bond donors (Lipinski definition) is 1. The van der Waals surface area contributed by atoms with E-state index in [1.165, 1.54) is 6.20 Å². The van der Waals surface area contributed by atoms with Gasteiger partial charge in [0.15, 0.2) is 0 Å². The van der Waals surface area contributed by atoms with Crippen molar-refractivity contribution in [1.29, 1.82) is 0 Å². The summed E-state index contributed by atoms with van der Waals surface area (Å²) in [6.45, 7) is 3.52. The lowest BCUT2D eigenvalue weighted by atomic mass is 9.97. The minimum Gasteiger partial charge on any atom is -0.338 e. The van der Waals surface area contributed by atoms with Crippen molar-refractivity contribution in [2.45, 2.75) is 37.8 Å². The molecule has 156 valence electrons. The van der Waals surface area contributed by atoms with Crippen molar-refractivity contribution < 1.29 is 4.79 Å². The molecule has 1 amide bonds. The molecule has 2 aromatic heterocycles. The van der Waals surface area contributed by atoms with Crippen LogP contribution in [0.15, 0.2) is 47.5 Å². The Bertz CT molecular complexity index is 1080. The number of carbonyl (C=O) groups excluding carboxylic acids is 1. The number of piperidine rings is 2. The number of imidazole rings is 1. The van der Waals surface area contributed by atoms with Gasteiger partial charge >= 0.3 is 5.69 Å². The molecule has 5 rings (SSSR count). The molecule has 0 atom stereocenters. The van der Waals surface area contributed by atoms with E-state index in [-0.39, 0.29) is 17.6 Å². The summed E-state index contributed by atoms with van der Waals surface area (Å²) in [7, 11) is 0. The van der Waals surface area contributed by atoms with Gasteiger partial charge in [0.05, 0.1) is 29.0 Å². The van der Waals surface area contributed by atoms with Gasteiger partial charge in [0.2, 0.25) is 0 Å². The van der Waals surface area contributed by atoms with Crippen molar-refractivity contribution >= 4 is 16.9 Å². The number of fused-ring (bicyclic) bond motifs is 1. The van der Waals surface area contributed by atoms with Crippen LogP contribution in [0.5, 0.6) is 0 Å². The van der Waals surface area contributed by atoms with Crippen molar-refractivity contribution in [3.05, 3.63) is 58.8 Å². The number of benzene rings is 1. The van der Waals surface area contributed by atoms with Crippen molar-refractivity contribution in [3.8, 4) is 0 Å². The van der Waals surface area contributed by atoms with Crippen molar-refractivity contribution in [2.24, 2.45) is 0 Å². The van der Waals surface area contributed by atoms with Gasteiger partial charge < -0.3 is 14.8 Å². The molecule has 0 aliphatic carbocycles. The molecule has 0 spiro atoms. The maximum Gasteiger partial charge on any atom is 0.326 e. The Morgan fingerprint density at radius 2 is 1.67 bits per heavy atom. The SMILES string of the molecule is O=C(c1ccnnc1)N1CCC(N2CCC(n3c(=O)[nH]c4ccccc43)CC2)CC1. The van der Waals surface area contributed by atoms with Crippen molar-refractivity contribution in [3.63, 3.8) is 0 Å². The first-order valence-corrected chi connectivity index (χ1v) is 10.7. The highest BCUT2D eigenvalue weighted by atomic mass is 16.2. The summed E-state index contributed by atoms with van der Waals surface area (Å²) in [4.78, 5) is 32.5. The largest absolute Gasteiger partial charge is 0.338 e. The van der Waals surface area contributed by atoms with E-state index in [0.29, 0.717) is 11.6 Å². The molecule has 0 unspecified atom stereocenters. The first-order valence-electron chi connectivity index (χ1n) is 10.7. The van der Waals surface area contributed by atoms with Gasteiger partial charge in [-0.2, -0.15) is 10.2 Å². The first kappa shape index (κ1) is 19.0. The fourth-order valence-corrected chi connectivity index (χ4v) is 4.98. The summed E-state index contributed by atoms with van der Waals surface area (Å²) in [5.74, 6) is 0.0424. The van der Waals surface area contributed by atoms with E-state index >= 15 is 0 Å². The number of H-pyrrole nitrogens is 1. The molecule has 3 aromatic rings. The van der Waals surface area contributed by atoms with Crippen LogP contribution in [0.4, 0.5) is 0 Å². The highest BCUT2D eigenvalue weighted by Gasteiger charge is 2.31.